The van der Waals surface area contributed by atoms with Gasteiger partial charge in [-0.3, -0.25) is 4.79 Å². The van der Waals surface area contributed by atoms with Crippen molar-refractivity contribution in [2.24, 2.45) is 5.92 Å². The van der Waals surface area contributed by atoms with Crippen LogP contribution in [0.15, 0.2) is 33.3 Å². The van der Waals surface area contributed by atoms with Crippen LogP contribution in [-0.4, -0.2) is 34.0 Å². The highest BCUT2D eigenvalue weighted by atomic mass is 79.9. The topological polar surface area (TPSA) is 59.2 Å². The van der Waals surface area contributed by atoms with Gasteiger partial charge in [0.1, 0.15) is 0 Å². The highest BCUT2D eigenvalue weighted by molar-refractivity contribution is 9.10. The molecule has 0 saturated carbocycles. The van der Waals surface area contributed by atoms with E-state index >= 15 is 0 Å². The summed E-state index contributed by atoms with van der Waals surface area (Å²) in [6.07, 6.45) is 0.988. The standard InChI is InChI=1S/C14H14BrN3O2/c1-9-16-13(17-20-9)14(19)18-7-11(8-18)6-10-2-4-12(15)5-3-10/h2-5,11H,6-8H2,1H3. The number of amides is 1. The second-order valence-electron chi connectivity index (χ2n) is 5.04. The van der Waals surface area contributed by atoms with Crippen LogP contribution in [0, 0.1) is 12.8 Å². The first-order chi connectivity index (χ1) is 9.61. The molecular weight excluding hydrogens is 322 g/mol. The molecule has 5 nitrogen and oxygen atoms in total. The summed E-state index contributed by atoms with van der Waals surface area (Å²) in [4.78, 5) is 17.7. The molecule has 6 heteroatoms. The summed E-state index contributed by atoms with van der Waals surface area (Å²) < 4.78 is 5.91. The Hall–Kier alpha value is -1.69. The Morgan fingerprint density at radius 1 is 1.40 bits per heavy atom. The molecule has 0 aliphatic carbocycles. The lowest BCUT2D eigenvalue weighted by Gasteiger charge is -2.38. The van der Waals surface area contributed by atoms with Crippen molar-refractivity contribution in [3.63, 3.8) is 0 Å². The van der Waals surface area contributed by atoms with E-state index in [1.807, 2.05) is 12.1 Å². The molecule has 0 unspecified atom stereocenters. The predicted octanol–water partition coefficient (Wildman–Crippen LogP) is 2.46. The summed E-state index contributed by atoms with van der Waals surface area (Å²) in [6.45, 7) is 3.18. The minimum absolute atomic E-state index is 0.145. The molecule has 1 saturated heterocycles. The number of aromatic nitrogens is 2. The number of halogens is 1. The fourth-order valence-electron chi connectivity index (χ4n) is 2.35. The molecule has 104 valence electrons. The minimum atomic E-state index is -0.145. The van der Waals surface area contributed by atoms with Gasteiger partial charge in [-0.15, -0.1) is 0 Å². The van der Waals surface area contributed by atoms with Crippen LogP contribution >= 0.6 is 15.9 Å². The van der Waals surface area contributed by atoms with Crippen molar-refractivity contribution in [1.82, 2.24) is 15.0 Å². The van der Waals surface area contributed by atoms with Crippen LogP contribution in [0.5, 0.6) is 0 Å². The monoisotopic (exact) mass is 335 g/mol. The number of hydrogen-bond acceptors (Lipinski definition) is 4. The molecule has 1 aliphatic heterocycles. The molecule has 0 radical (unpaired) electrons. The smallest absolute Gasteiger partial charge is 0.295 e. The third-order valence-electron chi connectivity index (χ3n) is 3.40. The largest absolute Gasteiger partial charge is 0.339 e. The quantitative estimate of drug-likeness (QED) is 0.864. The number of nitrogens with zero attached hydrogens (tertiary/aromatic N) is 3. The van der Waals surface area contributed by atoms with Crippen LogP contribution in [-0.2, 0) is 6.42 Å². The van der Waals surface area contributed by atoms with Gasteiger partial charge in [-0.05, 0) is 30.0 Å². The van der Waals surface area contributed by atoms with Gasteiger partial charge in [0, 0.05) is 24.5 Å². The molecular formula is C14H14BrN3O2. The Kier molecular flexibility index (Phi) is 3.56. The van der Waals surface area contributed by atoms with Gasteiger partial charge in [-0.2, -0.15) is 4.98 Å². The number of hydrogen-bond donors (Lipinski definition) is 0. The Balaban J connectivity index is 1.53. The van der Waals surface area contributed by atoms with Crippen molar-refractivity contribution in [2.75, 3.05) is 13.1 Å². The van der Waals surface area contributed by atoms with Crippen LogP contribution in [0.3, 0.4) is 0 Å². The van der Waals surface area contributed by atoms with Gasteiger partial charge in [0.15, 0.2) is 0 Å². The number of carbonyl (C=O) groups is 1. The van der Waals surface area contributed by atoms with Crippen molar-refractivity contribution < 1.29 is 9.32 Å². The zero-order chi connectivity index (χ0) is 14.1. The van der Waals surface area contributed by atoms with Crippen LogP contribution in [0.4, 0.5) is 0 Å². The first-order valence-corrected chi connectivity index (χ1v) is 7.25. The third-order valence-corrected chi connectivity index (χ3v) is 3.93. The second-order valence-corrected chi connectivity index (χ2v) is 5.96. The lowest BCUT2D eigenvalue weighted by atomic mass is 9.92. The molecule has 1 aliphatic rings. The first kappa shape index (κ1) is 13.3. The molecule has 0 N–H and O–H groups in total. The lowest BCUT2D eigenvalue weighted by Crippen LogP contribution is -2.51. The van der Waals surface area contributed by atoms with Crippen molar-refractivity contribution in [2.45, 2.75) is 13.3 Å². The molecule has 1 amide bonds. The van der Waals surface area contributed by atoms with Gasteiger partial charge < -0.3 is 9.42 Å². The lowest BCUT2D eigenvalue weighted by molar-refractivity contribution is 0.0485. The summed E-state index contributed by atoms with van der Waals surface area (Å²) in [7, 11) is 0. The average molecular weight is 336 g/mol. The Morgan fingerprint density at radius 2 is 2.10 bits per heavy atom. The number of rotatable bonds is 3. The SMILES string of the molecule is Cc1nc(C(=O)N2CC(Cc3ccc(Br)cc3)C2)no1. The fraction of sp³-hybridized carbons (Fsp3) is 0.357. The summed E-state index contributed by atoms with van der Waals surface area (Å²) in [5, 5.41) is 3.65. The van der Waals surface area contributed by atoms with Crippen LogP contribution in [0.1, 0.15) is 22.1 Å². The molecule has 1 fully saturated rings. The number of benzene rings is 1. The molecule has 20 heavy (non-hydrogen) atoms. The molecule has 2 aromatic rings. The molecule has 0 atom stereocenters. The summed E-state index contributed by atoms with van der Waals surface area (Å²) >= 11 is 3.42. The van der Waals surface area contributed by atoms with E-state index in [-0.39, 0.29) is 11.7 Å². The maximum atomic E-state index is 12.0. The van der Waals surface area contributed by atoms with Crippen molar-refractivity contribution >= 4 is 21.8 Å². The predicted molar refractivity (Wildman–Crippen MR) is 76.3 cm³/mol. The molecule has 0 bridgehead atoms. The van der Waals surface area contributed by atoms with Crippen LogP contribution < -0.4 is 0 Å². The maximum Gasteiger partial charge on any atom is 0.295 e. The summed E-state index contributed by atoms with van der Waals surface area (Å²) in [6, 6.07) is 8.30. The highest BCUT2D eigenvalue weighted by Crippen LogP contribution is 2.22. The van der Waals surface area contributed by atoms with Gasteiger partial charge in [0.2, 0.25) is 5.89 Å². The Labute approximate surface area is 125 Å². The molecule has 3 rings (SSSR count). The first-order valence-electron chi connectivity index (χ1n) is 6.46. The zero-order valence-corrected chi connectivity index (χ0v) is 12.6. The van der Waals surface area contributed by atoms with E-state index in [1.165, 1.54) is 5.56 Å². The van der Waals surface area contributed by atoms with Crippen molar-refractivity contribution in [1.29, 1.82) is 0 Å². The van der Waals surface area contributed by atoms with Gasteiger partial charge in [-0.1, -0.05) is 33.2 Å². The number of aryl methyl sites for hydroxylation is 1. The average Bonchev–Trinajstić information content (AvgIpc) is 2.81. The van der Waals surface area contributed by atoms with E-state index in [9.17, 15) is 4.79 Å². The minimum Gasteiger partial charge on any atom is -0.339 e. The summed E-state index contributed by atoms with van der Waals surface area (Å²) in [5.74, 6) is 0.937. The molecule has 2 heterocycles. The fourth-order valence-corrected chi connectivity index (χ4v) is 2.61. The Bertz CT molecular complexity index is 618. The van der Waals surface area contributed by atoms with Crippen LogP contribution in [0.25, 0.3) is 0 Å². The molecule has 1 aromatic carbocycles. The van der Waals surface area contributed by atoms with E-state index in [2.05, 4.69) is 38.2 Å². The Morgan fingerprint density at radius 3 is 2.70 bits per heavy atom. The number of carbonyl (C=O) groups excluding carboxylic acids is 1. The number of likely N-dealkylation sites (tertiary alicyclic amines) is 1. The molecule has 1 aromatic heterocycles. The normalized spacial score (nSPS) is 15.2. The van der Waals surface area contributed by atoms with Crippen molar-refractivity contribution in [3.05, 3.63) is 46.0 Å². The molecule has 0 spiro atoms. The third kappa shape index (κ3) is 2.75. The maximum absolute atomic E-state index is 12.0. The highest BCUT2D eigenvalue weighted by Gasteiger charge is 2.33. The van der Waals surface area contributed by atoms with E-state index in [0.717, 1.165) is 24.0 Å². The second kappa shape index (κ2) is 5.36. The van der Waals surface area contributed by atoms with Gasteiger partial charge in [0.05, 0.1) is 0 Å². The zero-order valence-electron chi connectivity index (χ0n) is 11.0. The van der Waals surface area contributed by atoms with Gasteiger partial charge in [0.25, 0.3) is 11.7 Å². The van der Waals surface area contributed by atoms with Crippen molar-refractivity contribution in [3.8, 4) is 0 Å². The van der Waals surface area contributed by atoms with Crippen LogP contribution in [0.2, 0.25) is 0 Å². The summed E-state index contributed by atoms with van der Waals surface area (Å²) in [5.41, 5.74) is 1.29. The van der Waals surface area contributed by atoms with E-state index in [4.69, 9.17) is 4.52 Å². The van der Waals surface area contributed by atoms with Gasteiger partial charge >= 0.3 is 0 Å². The van der Waals surface area contributed by atoms with E-state index in [1.54, 1.807) is 11.8 Å². The van der Waals surface area contributed by atoms with E-state index in [0.29, 0.717) is 11.8 Å². The van der Waals surface area contributed by atoms with E-state index < -0.39 is 0 Å². The van der Waals surface area contributed by atoms with Gasteiger partial charge in [-0.25, -0.2) is 0 Å².